The SMILES string of the molecule is C=CC(=O)OC.CN(C)C.Cl.N. The molecule has 4 nitrogen and oxygen atoms in total. The van der Waals surface area contributed by atoms with Crippen LogP contribution in [0.1, 0.15) is 0 Å². The molecule has 0 aliphatic rings. The van der Waals surface area contributed by atoms with E-state index in [4.69, 9.17) is 0 Å². The van der Waals surface area contributed by atoms with Gasteiger partial charge < -0.3 is 15.8 Å². The van der Waals surface area contributed by atoms with E-state index in [1.54, 1.807) is 0 Å². The molecule has 0 aromatic rings. The van der Waals surface area contributed by atoms with Gasteiger partial charge >= 0.3 is 5.97 Å². The largest absolute Gasteiger partial charge is 0.466 e. The molecule has 0 aromatic carbocycles. The number of halogens is 1. The smallest absolute Gasteiger partial charge is 0.329 e. The molecule has 12 heavy (non-hydrogen) atoms. The Kier molecular flexibility index (Phi) is 31.5. The van der Waals surface area contributed by atoms with Gasteiger partial charge in [0, 0.05) is 6.08 Å². The Labute approximate surface area is 80.6 Å². The highest BCUT2D eigenvalue weighted by Crippen LogP contribution is 1.67. The lowest BCUT2D eigenvalue weighted by Gasteiger charge is -1.90. The van der Waals surface area contributed by atoms with Gasteiger partial charge in [-0.3, -0.25) is 0 Å². The van der Waals surface area contributed by atoms with E-state index in [-0.39, 0.29) is 18.6 Å². The van der Waals surface area contributed by atoms with Crippen LogP contribution in [-0.2, 0) is 9.53 Å². The predicted molar refractivity (Wildman–Crippen MR) is 54.1 cm³/mol. The van der Waals surface area contributed by atoms with E-state index < -0.39 is 5.97 Å². The summed E-state index contributed by atoms with van der Waals surface area (Å²) in [6, 6.07) is 0. The molecule has 0 aliphatic carbocycles. The zero-order chi connectivity index (χ0) is 8.57. The fourth-order valence-electron chi connectivity index (χ4n) is 0.0833. The van der Waals surface area contributed by atoms with Crippen LogP contribution in [0.25, 0.3) is 0 Å². The second kappa shape index (κ2) is 16.8. The average Bonchev–Trinajstić information content (AvgIpc) is 1.85. The first-order valence-corrected chi connectivity index (χ1v) is 2.86. The van der Waals surface area contributed by atoms with E-state index >= 15 is 0 Å². The van der Waals surface area contributed by atoms with Crippen LogP contribution in [0.4, 0.5) is 0 Å². The number of hydrogen-bond acceptors (Lipinski definition) is 4. The number of rotatable bonds is 1. The summed E-state index contributed by atoms with van der Waals surface area (Å²) in [6.45, 7) is 3.16. The lowest BCUT2D eigenvalue weighted by Crippen LogP contribution is -1.99. The number of esters is 1. The standard InChI is InChI=1S/C4H6O2.C3H9N.ClH.H3N/c1-3-4(5)6-2;1-4(2)3;;/h3H,1H2,2H3;1-3H3;1H;1H3. The lowest BCUT2D eigenvalue weighted by atomic mass is 10.7. The predicted octanol–water partition coefficient (Wildman–Crippen LogP) is 1.11. The van der Waals surface area contributed by atoms with E-state index in [9.17, 15) is 4.79 Å². The van der Waals surface area contributed by atoms with Crippen molar-refractivity contribution in [1.82, 2.24) is 11.1 Å². The Balaban J connectivity index is -0.0000000483. The third-order valence-electron chi connectivity index (χ3n) is 0.368. The van der Waals surface area contributed by atoms with E-state index in [1.807, 2.05) is 26.0 Å². The molecule has 0 fully saturated rings. The van der Waals surface area contributed by atoms with Gasteiger partial charge in [0.1, 0.15) is 0 Å². The van der Waals surface area contributed by atoms with Crippen LogP contribution in [0.5, 0.6) is 0 Å². The van der Waals surface area contributed by atoms with Crippen molar-refractivity contribution < 1.29 is 9.53 Å². The molecule has 0 amide bonds. The average molecular weight is 199 g/mol. The maximum atomic E-state index is 9.84. The summed E-state index contributed by atoms with van der Waals surface area (Å²) in [7, 11) is 7.31. The zero-order valence-electron chi connectivity index (χ0n) is 8.16. The Morgan fingerprint density at radius 2 is 1.67 bits per heavy atom. The molecule has 0 rings (SSSR count). The first kappa shape index (κ1) is 22.5. The summed E-state index contributed by atoms with van der Waals surface area (Å²) >= 11 is 0. The maximum absolute atomic E-state index is 9.84. The molecule has 0 saturated carbocycles. The topological polar surface area (TPSA) is 64.5 Å². The van der Waals surface area contributed by atoms with Gasteiger partial charge in [0.2, 0.25) is 0 Å². The van der Waals surface area contributed by atoms with Crippen molar-refractivity contribution in [3.8, 4) is 0 Å². The van der Waals surface area contributed by atoms with Crippen molar-refractivity contribution in [1.29, 1.82) is 0 Å². The van der Waals surface area contributed by atoms with Crippen LogP contribution in [0.2, 0.25) is 0 Å². The molecule has 0 bridgehead atoms. The quantitative estimate of drug-likeness (QED) is 0.507. The van der Waals surface area contributed by atoms with Crippen molar-refractivity contribution in [3.05, 3.63) is 12.7 Å². The van der Waals surface area contributed by atoms with Gasteiger partial charge in [0.25, 0.3) is 0 Å². The molecule has 0 spiro atoms. The Morgan fingerprint density at radius 1 is 1.42 bits per heavy atom. The highest BCUT2D eigenvalue weighted by molar-refractivity contribution is 5.85. The molecular formula is C7H19ClN2O2. The second-order valence-electron chi connectivity index (χ2n) is 2.07. The van der Waals surface area contributed by atoms with Crippen molar-refractivity contribution in [2.24, 2.45) is 0 Å². The highest BCUT2D eigenvalue weighted by atomic mass is 35.5. The number of methoxy groups -OCH3 is 1. The molecule has 0 aliphatic heterocycles. The molecule has 0 aromatic heterocycles. The minimum Gasteiger partial charge on any atom is -0.466 e. The summed E-state index contributed by atoms with van der Waals surface area (Å²) in [5.74, 6) is -0.394. The monoisotopic (exact) mass is 198 g/mol. The molecule has 0 atom stereocenters. The second-order valence-corrected chi connectivity index (χ2v) is 2.07. The number of nitrogens with zero attached hydrogens (tertiary/aromatic N) is 1. The summed E-state index contributed by atoms with van der Waals surface area (Å²) in [6.07, 6.45) is 1.11. The van der Waals surface area contributed by atoms with Crippen LogP contribution in [0, 0.1) is 0 Å². The number of carbonyl (C=O) groups excluding carboxylic acids is 1. The molecule has 3 N–H and O–H groups in total. The highest BCUT2D eigenvalue weighted by Gasteiger charge is 1.81. The third kappa shape index (κ3) is 57.1. The van der Waals surface area contributed by atoms with Crippen LogP contribution < -0.4 is 6.15 Å². The van der Waals surface area contributed by atoms with Gasteiger partial charge in [-0.2, -0.15) is 0 Å². The normalized spacial score (nSPS) is 6.42. The fourth-order valence-corrected chi connectivity index (χ4v) is 0.0833. The van der Waals surface area contributed by atoms with Gasteiger partial charge in [-0.1, -0.05) is 6.58 Å². The Morgan fingerprint density at radius 3 is 1.67 bits per heavy atom. The van der Waals surface area contributed by atoms with Gasteiger partial charge in [0.15, 0.2) is 0 Å². The number of carbonyl (C=O) groups is 1. The van der Waals surface area contributed by atoms with Crippen LogP contribution in [-0.4, -0.2) is 39.1 Å². The zero-order valence-corrected chi connectivity index (χ0v) is 8.98. The van der Waals surface area contributed by atoms with Gasteiger partial charge in [-0.15, -0.1) is 12.4 Å². The molecule has 0 saturated heterocycles. The fraction of sp³-hybridized carbons (Fsp3) is 0.571. The van der Waals surface area contributed by atoms with E-state index in [0.29, 0.717) is 0 Å². The molecule has 0 heterocycles. The van der Waals surface area contributed by atoms with Gasteiger partial charge in [0.05, 0.1) is 7.11 Å². The van der Waals surface area contributed by atoms with Crippen LogP contribution in [0.15, 0.2) is 12.7 Å². The molecule has 0 unspecified atom stereocenters. The Hall–Kier alpha value is -0.580. The van der Waals surface area contributed by atoms with Crippen molar-refractivity contribution >= 4 is 18.4 Å². The molecule has 0 radical (unpaired) electrons. The first-order chi connectivity index (χ1) is 4.54. The van der Waals surface area contributed by atoms with Crippen molar-refractivity contribution in [2.75, 3.05) is 28.3 Å². The lowest BCUT2D eigenvalue weighted by molar-refractivity contribution is -0.134. The van der Waals surface area contributed by atoms with Crippen LogP contribution >= 0.6 is 12.4 Å². The minimum absolute atomic E-state index is 0. The summed E-state index contributed by atoms with van der Waals surface area (Å²) in [5, 5.41) is 0. The summed E-state index contributed by atoms with van der Waals surface area (Å²) in [4.78, 5) is 11.8. The third-order valence-corrected chi connectivity index (χ3v) is 0.368. The van der Waals surface area contributed by atoms with Crippen molar-refractivity contribution in [2.45, 2.75) is 0 Å². The molecule has 76 valence electrons. The van der Waals surface area contributed by atoms with E-state index in [2.05, 4.69) is 11.3 Å². The summed E-state index contributed by atoms with van der Waals surface area (Å²) in [5.41, 5.74) is 0. The van der Waals surface area contributed by atoms with Gasteiger partial charge in [-0.25, -0.2) is 4.79 Å². The maximum Gasteiger partial charge on any atom is 0.329 e. The number of hydrogen-bond donors (Lipinski definition) is 1. The molecular weight excluding hydrogens is 180 g/mol. The number of ether oxygens (including phenoxy) is 1. The van der Waals surface area contributed by atoms with E-state index in [0.717, 1.165) is 6.08 Å². The summed E-state index contributed by atoms with van der Waals surface area (Å²) < 4.78 is 4.14. The van der Waals surface area contributed by atoms with E-state index in [1.165, 1.54) is 7.11 Å². The van der Waals surface area contributed by atoms with Gasteiger partial charge in [-0.05, 0) is 21.1 Å². The Bertz CT molecular complexity index is 105. The first-order valence-electron chi connectivity index (χ1n) is 2.86. The minimum atomic E-state index is -0.394. The molecule has 5 heteroatoms. The van der Waals surface area contributed by atoms with Crippen molar-refractivity contribution in [3.63, 3.8) is 0 Å². The van der Waals surface area contributed by atoms with Crippen LogP contribution in [0.3, 0.4) is 0 Å².